The van der Waals surface area contributed by atoms with Gasteiger partial charge in [-0.3, -0.25) is 4.79 Å². The van der Waals surface area contributed by atoms with Crippen LogP contribution in [0.2, 0.25) is 0 Å². The summed E-state index contributed by atoms with van der Waals surface area (Å²) in [5, 5.41) is 3.59. The molecule has 1 aliphatic carbocycles. The van der Waals surface area contributed by atoms with Crippen molar-refractivity contribution in [2.24, 2.45) is 5.92 Å². The summed E-state index contributed by atoms with van der Waals surface area (Å²) < 4.78 is 5.09. The molecule has 1 N–H and O–H groups in total. The van der Waals surface area contributed by atoms with Gasteiger partial charge in [-0.25, -0.2) is 0 Å². The summed E-state index contributed by atoms with van der Waals surface area (Å²) >= 11 is 0. The summed E-state index contributed by atoms with van der Waals surface area (Å²) in [6, 6.07) is 8.82. The van der Waals surface area contributed by atoms with Crippen molar-refractivity contribution in [3.63, 3.8) is 0 Å². The van der Waals surface area contributed by atoms with Crippen molar-refractivity contribution < 1.29 is 9.53 Å². The Balaban J connectivity index is 1.84. The standard InChI is InChI=1S/C16H23NO2/c1-3-19-16(18)13-8-10-14(11-9-13)17-15-7-5-4-6-12(15)2/h4-7,13-14,17H,3,8-11H2,1-2H3. The van der Waals surface area contributed by atoms with E-state index in [2.05, 4.69) is 36.5 Å². The zero-order valence-electron chi connectivity index (χ0n) is 11.8. The fourth-order valence-electron chi connectivity index (χ4n) is 2.69. The summed E-state index contributed by atoms with van der Waals surface area (Å²) in [5.74, 6) is 0.0895. The normalized spacial score (nSPS) is 22.8. The van der Waals surface area contributed by atoms with Gasteiger partial charge in [0.2, 0.25) is 0 Å². The van der Waals surface area contributed by atoms with Gasteiger partial charge in [0.1, 0.15) is 0 Å². The molecule has 0 saturated heterocycles. The Kier molecular flexibility index (Phi) is 4.83. The average Bonchev–Trinajstić information content (AvgIpc) is 2.42. The van der Waals surface area contributed by atoms with E-state index in [0.29, 0.717) is 12.6 Å². The SMILES string of the molecule is CCOC(=O)C1CCC(Nc2ccccc2C)CC1. The van der Waals surface area contributed by atoms with Gasteiger partial charge in [-0.15, -0.1) is 0 Å². The van der Waals surface area contributed by atoms with E-state index >= 15 is 0 Å². The van der Waals surface area contributed by atoms with Gasteiger partial charge in [-0.2, -0.15) is 0 Å². The van der Waals surface area contributed by atoms with Crippen LogP contribution < -0.4 is 5.32 Å². The fourth-order valence-corrected chi connectivity index (χ4v) is 2.69. The minimum Gasteiger partial charge on any atom is -0.466 e. The van der Waals surface area contributed by atoms with Gasteiger partial charge >= 0.3 is 5.97 Å². The molecular formula is C16H23NO2. The molecule has 0 radical (unpaired) electrons. The van der Waals surface area contributed by atoms with Gasteiger partial charge in [-0.1, -0.05) is 18.2 Å². The second-order valence-electron chi connectivity index (χ2n) is 5.26. The van der Waals surface area contributed by atoms with Crippen molar-refractivity contribution in [3.8, 4) is 0 Å². The zero-order valence-corrected chi connectivity index (χ0v) is 11.8. The van der Waals surface area contributed by atoms with Gasteiger partial charge in [0.15, 0.2) is 0 Å². The number of nitrogens with one attached hydrogen (secondary N) is 1. The molecule has 0 heterocycles. The van der Waals surface area contributed by atoms with Crippen LogP contribution in [0, 0.1) is 12.8 Å². The zero-order chi connectivity index (χ0) is 13.7. The molecule has 1 fully saturated rings. The first kappa shape index (κ1) is 13.9. The third-order valence-corrected chi connectivity index (χ3v) is 3.85. The molecule has 1 aromatic carbocycles. The maximum absolute atomic E-state index is 11.7. The highest BCUT2D eigenvalue weighted by Gasteiger charge is 2.27. The van der Waals surface area contributed by atoms with Crippen molar-refractivity contribution in [2.75, 3.05) is 11.9 Å². The first-order valence-corrected chi connectivity index (χ1v) is 7.19. The third-order valence-electron chi connectivity index (χ3n) is 3.85. The molecule has 0 amide bonds. The van der Waals surface area contributed by atoms with Crippen LogP contribution in [0.15, 0.2) is 24.3 Å². The van der Waals surface area contributed by atoms with E-state index < -0.39 is 0 Å². The van der Waals surface area contributed by atoms with Crippen molar-refractivity contribution >= 4 is 11.7 Å². The van der Waals surface area contributed by atoms with E-state index in [0.717, 1.165) is 25.7 Å². The van der Waals surface area contributed by atoms with Crippen LogP contribution in [0.25, 0.3) is 0 Å². The highest BCUT2D eigenvalue weighted by molar-refractivity contribution is 5.72. The number of benzene rings is 1. The van der Waals surface area contributed by atoms with E-state index in [9.17, 15) is 4.79 Å². The van der Waals surface area contributed by atoms with Gasteiger partial charge in [0.05, 0.1) is 12.5 Å². The van der Waals surface area contributed by atoms with Crippen molar-refractivity contribution in [2.45, 2.75) is 45.6 Å². The summed E-state index contributed by atoms with van der Waals surface area (Å²) in [7, 11) is 0. The van der Waals surface area contributed by atoms with E-state index in [1.165, 1.54) is 11.3 Å². The van der Waals surface area contributed by atoms with Crippen LogP contribution in [0.1, 0.15) is 38.2 Å². The number of ether oxygens (including phenoxy) is 1. The second-order valence-corrected chi connectivity index (χ2v) is 5.26. The lowest BCUT2D eigenvalue weighted by atomic mass is 9.86. The second kappa shape index (κ2) is 6.60. The molecular weight excluding hydrogens is 238 g/mol. The highest BCUT2D eigenvalue weighted by Crippen LogP contribution is 2.28. The summed E-state index contributed by atoms with van der Waals surface area (Å²) in [5.41, 5.74) is 2.48. The van der Waals surface area contributed by atoms with Crippen molar-refractivity contribution in [1.82, 2.24) is 0 Å². The Bertz CT molecular complexity index is 423. The molecule has 0 atom stereocenters. The molecule has 1 aromatic rings. The van der Waals surface area contributed by atoms with Crippen LogP contribution in [0.4, 0.5) is 5.69 Å². The van der Waals surface area contributed by atoms with Gasteiger partial charge in [0, 0.05) is 11.7 Å². The number of carbonyl (C=O) groups excluding carboxylic acids is 1. The van der Waals surface area contributed by atoms with E-state index in [-0.39, 0.29) is 11.9 Å². The van der Waals surface area contributed by atoms with Gasteiger partial charge in [-0.05, 0) is 51.2 Å². The smallest absolute Gasteiger partial charge is 0.308 e. The number of hydrogen-bond donors (Lipinski definition) is 1. The lowest BCUT2D eigenvalue weighted by Crippen LogP contribution is -2.30. The van der Waals surface area contributed by atoms with Crippen LogP contribution in [0.3, 0.4) is 0 Å². The number of carbonyl (C=O) groups is 1. The average molecular weight is 261 g/mol. The Morgan fingerprint density at radius 1 is 1.26 bits per heavy atom. The number of hydrogen-bond acceptors (Lipinski definition) is 3. The summed E-state index contributed by atoms with van der Waals surface area (Å²) in [6.07, 6.45) is 3.94. The molecule has 3 heteroatoms. The van der Waals surface area contributed by atoms with E-state index in [1.807, 2.05) is 6.92 Å². The van der Waals surface area contributed by atoms with Crippen molar-refractivity contribution in [3.05, 3.63) is 29.8 Å². The predicted molar refractivity (Wildman–Crippen MR) is 77.2 cm³/mol. The topological polar surface area (TPSA) is 38.3 Å². The van der Waals surface area contributed by atoms with Gasteiger partial charge < -0.3 is 10.1 Å². The highest BCUT2D eigenvalue weighted by atomic mass is 16.5. The molecule has 0 aromatic heterocycles. The molecule has 1 aliphatic rings. The molecule has 19 heavy (non-hydrogen) atoms. The van der Waals surface area contributed by atoms with Crippen LogP contribution in [-0.4, -0.2) is 18.6 Å². The van der Waals surface area contributed by atoms with E-state index in [4.69, 9.17) is 4.74 Å². The summed E-state index contributed by atoms with van der Waals surface area (Å²) in [4.78, 5) is 11.7. The molecule has 104 valence electrons. The van der Waals surface area contributed by atoms with Crippen LogP contribution in [-0.2, 0) is 9.53 Å². The first-order chi connectivity index (χ1) is 9.20. The molecule has 0 aliphatic heterocycles. The number of anilines is 1. The first-order valence-electron chi connectivity index (χ1n) is 7.19. The fraction of sp³-hybridized carbons (Fsp3) is 0.562. The molecule has 2 rings (SSSR count). The minimum atomic E-state index is -0.0168. The molecule has 0 spiro atoms. The molecule has 0 bridgehead atoms. The van der Waals surface area contributed by atoms with Crippen LogP contribution in [0.5, 0.6) is 0 Å². The molecule has 3 nitrogen and oxygen atoms in total. The largest absolute Gasteiger partial charge is 0.466 e. The summed E-state index contributed by atoms with van der Waals surface area (Å²) in [6.45, 7) is 4.47. The Morgan fingerprint density at radius 2 is 1.95 bits per heavy atom. The number of aryl methyl sites for hydroxylation is 1. The maximum Gasteiger partial charge on any atom is 0.308 e. The minimum absolute atomic E-state index is 0.0168. The Hall–Kier alpha value is -1.51. The quantitative estimate of drug-likeness (QED) is 0.843. The monoisotopic (exact) mass is 261 g/mol. The number of para-hydroxylation sites is 1. The third kappa shape index (κ3) is 3.72. The lowest BCUT2D eigenvalue weighted by molar-refractivity contribution is -0.149. The predicted octanol–water partition coefficient (Wildman–Crippen LogP) is 3.53. The molecule has 1 saturated carbocycles. The maximum atomic E-state index is 11.7. The Morgan fingerprint density at radius 3 is 2.58 bits per heavy atom. The number of rotatable bonds is 4. The Labute approximate surface area is 115 Å². The van der Waals surface area contributed by atoms with Crippen LogP contribution >= 0.6 is 0 Å². The lowest BCUT2D eigenvalue weighted by Gasteiger charge is -2.29. The van der Waals surface area contributed by atoms with Gasteiger partial charge in [0.25, 0.3) is 0 Å². The van der Waals surface area contributed by atoms with Crippen molar-refractivity contribution in [1.29, 1.82) is 0 Å². The number of esters is 1. The van der Waals surface area contributed by atoms with E-state index in [1.54, 1.807) is 0 Å². The molecule has 0 unspecified atom stereocenters.